The Morgan fingerprint density at radius 3 is 1.89 bits per heavy atom. The number of halogens is 1. The molecule has 2 aliphatic heterocycles. The fourth-order valence-corrected chi connectivity index (χ4v) is 5.80. The summed E-state index contributed by atoms with van der Waals surface area (Å²) in [6.07, 6.45) is -0.756. The van der Waals surface area contributed by atoms with Crippen LogP contribution in [0.5, 0.6) is 11.5 Å². The maximum Gasteiger partial charge on any atom is 0.254 e. The van der Waals surface area contributed by atoms with E-state index in [2.05, 4.69) is 10.6 Å². The first kappa shape index (κ1) is 31.7. The topological polar surface area (TPSA) is 163 Å². The van der Waals surface area contributed by atoms with Crippen LogP contribution in [-0.2, 0) is 0 Å². The number of rotatable bonds is 7. The maximum atomic E-state index is 13.6. The number of alkyl halides is 1. The number of benzene rings is 4. The summed E-state index contributed by atoms with van der Waals surface area (Å²) in [5.41, 5.74) is 15.2. The van der Waals surface area contributed by atoms with E-state index in [9.17, 15) is 23.6 Å². The van der Waals surface area contributed by atoms with E-state index >= 15 is 0 Å². The normalized spacial score (nSPS) is 17.2. The largest absolute Gasteiger partial charge is 0.491 e. The molecule has 11 heteroatoms. The fourth-order valence-electron chi connectivity index (χ4n) is 5.80. The molecule has 236 valence electrons. The molecule has 1 unspecified atom stereocenters. The van der Waals surface area contributed by atoms with Crippen molar-refractivity contribution >= 4 is 23.6 Å². The smallest absolute Gasteiger partial charge is 0.254 e. The standard InChI is InChI=1S/C18H17FN2O3.C17H16N2O3/c1-21-18(23)13-8-11(17(20)22)7-12-15(10-5-3-2-4-6-10)14(9-19)24-16(12)13;1-19-17(21)11-7-12-14(10-5-3-2-4-6-10)9-22-15(12)13(8-11)16(18)20/h2-8,14-15H,9H2,1H3,(H2,20,22)(H,21,23);2-8,14H,9H2,1H3,(H2,18,20)(H,19,21)/t14-,15+;/m1./s1. The molecule has 10 nitrogen and oxygen atoms in total. The molecule has 4 aromatic carbocycles. The molecule has 0 aromatic heterocycles. The third-order valence-electron chi connectivity index (χ3n) is 8.00. The van der Waals surface area contributed by atoms with Gasteiger partial charge in [-0.3, -0.25) is 19.2 Å². The number of primary amides is 2. The number of hydrogen-bond donors (Lipinski definition) is 4. The number of nitrogens with two attached hydrogens (primary N) is 2. The highest BCUT2D eigenvalue weighted by Crippen LogP contribution is 2.45. The fraction of sp³-hybridized carbons (Fsp3) is 0.200. The second-order valence-electron chi connectivity index (χ2n) is 10.7. The molecule has 2 aliphatic rings. The van der Waals surface area contributed by atoms with Gasteiger partial charge >= 0.3 is 0 Å². The Morgan fingerprint density at radius 1 is 0.739 bits per heavy atom. The zero-order valence-electron chi connectivity index (χ0n) is 25.2. The molecule has 6 N–H and O–H groups in total. The first-order chi connectivity index (χ1) is 22.2. The molecule has 0 radical (unpaired) electrons. The lowest BCUT2D eigenvalue weighted by atomic mass is 9.86. The summed E-state index contributed by atoms with van der Waals surface area (Å²) in [5, 5.41) is 5.06. The molecule has 0 aliphatic carbocycles. The van der Waals surface area contributed by atoms with Crippen LogP contribution in [0.2, 0.25) is 0 Å². The second-order valence-corrected chi connectivity index (χ2v) is 10.7. The number of carbonyl (C=O) groups excluding carboxylic acids is 4. The summed E-state index contributed by atoms with van der Waals surface area (Å²) < 4.78 is 25.0. The van der Waals surface area contributed by atoms with Gasteiger partial charge in [-0.1, -0.05) is 60.7 Å². The van der Waals surface area contributed by atoms with Gasteiger partial charge in [-0.2, -0.15) is 0 Å². The summed E-state index contributed by atoms with van der Waals surface area (Å²) in [5.74, 6) is -1.57. The molecule has 4 aromatic rings. The molecule has 46 heavy (non-hydrogen) atoms. The molecule has 6 rings (SSSR count). The van der Waals surface area contributed by atoms with Gasteiger partial charge in [0.25, 0.3) is 17.7 Å². The van der Waals surface area contributed by atoms with Crippen LogP contribution in [0.3, 0.4) is 0 Å². The Kier molecular flexibility index (Phi) is 9.31. The van der Waals surface area contributed by atoms with Crippen molar-refractivity contribution in [3.63, 3.8) is 0 Å². The number of nitrogens with one attached hydrogen (secondary N) is 2. The molecule has 2 heterocycles. The van der Waals surface area contributed by atoms with Crippen molar-refractivity contribution in [2.24, 2.45) is 11.5 Å². The van der Waals surface area contributed by atoms with Crippen molar-refractivity contribution in [3.8, 4) is 11.5 Å². The highest BCUT2D eigenvalue weighted by molar-refractivity contribution is 6.02. The van der Waals surface area contributed by atoms with E-state index in [0.717, 1.165) is 16.7 Å². The molecular weight excluding hydrogens is 591 g/mol. The van der Waals surface area contributed by atoms with E-state index in [0.29, 0.717) is 29.2 Å². The van der Waals surface area contributed by atoms with Crippen molar-refractivity contribution in [3.05, 3.63) is 129 Å². The van der Waals surface area contributed by atoms with E-state index in [-0.39, 0.29) is 28.5 Å². The second kappa shape index (κ2) is 13.5. The monoisotopic (exact) mass is 624 g/mol. The van der Waals surface area contributed by atoms with Crippen LogP contribution in [0, 0.1) is 0 Å². The summed E-state index contributed by atoms with van der Waals surface area (Å²) in [7, 11) is 3.02. The molecule has 0 spiro atoms. The van der Waals surface area contributed by atoms with Crippen molar-refractivity contribution in [1.29, 1.82) is 0 Å². The minimum absolute atomic E-state index is 0.0149. The van der Waals surface area contributed by atoms with Crippen molar-refractivity contribution < 1.29 is 33.0 Å². The molecule has 0 saturated heterocycles. The van der Waals surface area contributed by atoms with Gasteiger partial charge in [0.2, 0.25) is 5.91 Å². The van der Waals surface area contributed by atoms with Gasteiger partial charge in [-0.25, -0.2) is 4.39 Å². The number of carbonyl (C=O) groups is 4. The van der Waals surface area contributed by atoms with Crippen molar-refractivity contribution in [2.45, 2.75) is 17.9 Å². The summed E-state index contributed by atoms with van der Waals surface area (Å²) in [4.78, 5) is 47.4. The first-order valence-corrected chi connectivity index (χ1v) is 14.5. The molecule has 0 bridgehead atoms. The van der Waals surface area contributed by atoms with E-state index in [1.165, 1.54) is 19.2 Å². The van der Waals surface area contributed by atoms with Crippen LogP contribution < -0.4 is 31.6 Å². The lowest BCUT2D eigenvalue weighted by molar-refractivity contribution is 0.0949. The van der Waals surface area contributed by atoms with Crippen LogP contribution in [0.15, 0.2) is 84.9 Å². The highest BCUT2D eigenvalue weighted by atomic mass is 19.1. The quantitative estimate of drug-likeness (QED) is 0.245. The zero-order valence-corrected chi connectivity index (χ0v) is 25.2. The predicted molar refractivity (Wildman–Crippen MR) is 169 cm³/mol. The summed E-state index contributed by atoms with van der Waals surface area (Å²) >= 11 is 0. The summed E-state index contributed by atoms with van der Waals surface area (Å²) in [6, 6.07) is 25.3. The number of ether oxygens (including phenoxy) is 2. The third-order valence-corrected chi connectivity index (χ3v) is 8.00. The molecule has 4 amide bonds. The van der Waals surface area contributed by atoms with Crippen LogP contribution in [0.1, 0.15) is 75.5 Å². The zero-order chi connectivity index (χ0) is 33.0. The number of amides is 4. The Morgan fingerprint density at radius 2 is 1.33 bits per heavy atom. The Hall–Kier alpha value is -5.71. The van der Waals surface area contributed by atoms with Gasteiger partial charge in [-0.15, -0.1) is 0 Å². The molecular formula is C35H33FN4O6. The number of fused-ring (bicyclic) bond motifs is 2. The lowest BCUT2D eigenvalue weighted by Gasteiger charge is -2.16. The van der Waals surface area contributed by atoms with Crippen LogP contribution in [0.25, 0.3) is 0 Å². The van der Waals surface area contributed by atoms with E-state index in [4.69, 9.17) is 20.9 Å². The van der Waals surface area contributed by atoms with Gasteiger partial charge in [0.15, 0.2) is 0 Å². The van der Waals surface area contributed by atoms with Crippen molar-refractivity contribution in [2.75, 3.05) is 27.4 Å². The van der Waals surface area contributed by atoms with E-state index in [1.54, 1.807) is 19.2 Å². The van der Waals surface area contributed by atoms with Crippen LogP contribution >= 0.6 is 0 Å². The minimum atomic E-state index is -0.756. The predicted octanol–water partition coefficient (Wildman–Crippen LogP) is 3.68. The number of hydrogen-bond acceptors (Lipinski definition) is 6. The molecule has 0 fully saturated rings. The first-order valence-electron chi connectivity index (χ1n) is 14.5. The average molecular weight is 625 g/mol. The Balaban J connectivity index is 0.000000182. The average Bonchev–Trinajstić information content (AvgIpc) is 3.69. The van der Waals surface area contributed by atoms with Crippen molar-refractivity contribution in [1.82, 2.24) is 10.6 Å². The minimum Gasteiger partial charge on any atom is -0.491 e. The SMILES string of the molecule is CNC(=O)c1cc(C(N)=O)c2c(c1)C(c1ccccc1)CO2.CNC(=O)c1cc(C(N)=O)cc2c1O[C@H](CF)[C@H]2c1ccccc1. The van der Waals surface area contributed by atoms with E-state index in [1.807, 2.05) is 60.7 Å². The highest BCUT2D eigenvalue weighted by Gasteiger charge is 2.39. The Bertz CT molecular complexity index is 1800. The van der Waals surface area contributed by atoms with E-state index < -0.39 is 36.4 Å². The van der Waals surface area contributed by atoms with Gasteiger partial charge in [0, 0.05) is 42.3 Å². The maximum absolute atomic E-state index is 13.6. The van der Waals surface area contributed by atoms with Crippen LogP contribution in [-0.4, -0.2) is 57.1 Å². The Labute approximate surface area is 264 Å². The van der Waals surface area contributed by atoms with Crippen LogP contribution in [0.4, 0.5) is 4.39 Å². The molecule has 3 atom stereocenters. The third kappa shape index (κ3) is 6.12. The van der Waals surface area contributed by atoms with Gasteiger partial charge < -0.3 is 31.6 Å². The van der Waals surface area contributed by atoms with Gasteiger partial charge in [0.1, 0.15) is 24.3 Å². The lowest BCUT2D eigenvalue weighted by Crippen LogP contribution is -2.22. The van der Waals surface area contributed by atoms with Gasteiger partial charge in [0.05, 0.1) is 23.7 Å². The molecule has 0 saturated carbocycles. The summed E-state index contributed by atoms with van der Waals surface area (Å²) in [6.45, 7) is -0.288. The van der Waals surface area contributed by atoms with Gasteiger partial charge in [-0.05, 0) is 35.4 Å².